The van der Waals surface area contributed by atoms with E-state index in [4.69, 9.17) is 5.73 Å². The van der Waals surface area contributed by atoms with E-state index in [1.54, 1.807) is 0 Å². The van der Waals surface area contributed by atoms with Crippen LogP contribution in [0.15, 0.2) is 18.2 Å². The highest BCUT2D eigenvalue weighted by Crippen LogP contribution is 2.26. The highest BCUT2D eigenvalue weighted by Gasteiger charge is 2.13. The molecular weight excluding hydrogens is 184 g/mol. The number of anilines is 2. The van der Waals surface area contributed by atoms with Gasteiger partial charge in [0, 0.05) is 13.1 Å². The summed E-state index contributed by atoms with van der Waals surface area (Å²) in [7, 11) is 2.12. The summed E-state index contributed by atoms with van der Waals surface area (Å²) in [5.74, 6) is 0. The Morgan fingerprint density at radius 3 is 2.33 bits per heavy atom. The zero-order chi connectivity index (χ0) is 11.4. The summed E-state index contributed by atoms with van der Waals surface area (Å²) in [6, 6.07) is 6.84. The van der Waals surface area contributed by atoms with Gasteiger partial charge >= 0.3 is 0 Å². The van der Waals surface area contributed by atoms with Gasteiger partial charge in [-0.25, -0.2) is 0 Å². The molecule has 0 bridgehead atoms. The maximum atomic E-state index is 6.03. The van der Waals surface area contributed by atoms with Gasteiger partial charge in [0.05, 0.1) is 11.4 Å². The summed E-state index contributed by atoms with van der Waals surface area (Å²) in [4.78, 5) is 2.29. The van der Waals surface area contributed by atoms with Crippen molar-refractivity contribution in [3.8, 4) is 0 Å². The highest BCUT2D eigenvalue weighted by atomic mass is 15.1. The molecule has 0 fully saturated rings. The molecule has 0 radical (unpaired) electrons. The second kappa shape index (κ2) is 5.06. The van der Waals surface area contributed by atoms with Crippen LogP contribution in [0.3, 0.4) is 0 Å². The molecule has 84 valence electrons. The van der Waals surface area contributed by atoms with E-state index in [-0.39, 0.29) is 0 Å². The standard InChI is InChI=1S/C13H22N2/c1-5-11(6-2)15(4)13-8-7-10(3)9-12(13)14/h7-9,11H,5-6,14H2,1-4H3. The van der Waals surface area contributed by atoms with Crippen LogP contribution in [0.2, 0.25) is 0 Å². The Morgan fingerprint density at radius 2 is 1.87 bits per heavy atom. The number of nitrogens with two attached hydrogens (primary N) is 1. The van der Waals surface area contributed by atoms with E-state index < -0.39 is 0 Å². The van der Waals surface area contributed by atoms with Crippen molar-refractivity contribution in [3.05, 3.63) is 23.8 Å². The lowest BCUT2D eigenvalue weighted by Crippen LogP contribution is -2.30. The van der Waals surface area contributed by atoms with Crippen LogP contribution in [0.25, 0.3) is 0 Å². The number of aryl methyl sites for hydroxylation is 1. The van der Waals surface area contributed by atoms with Crippen molar-refractivity contribution in [2.24, 2.45) is 0 Å². The average Bonchev–Trinajstić information content (AvgIpc) is 2.19. The third kappa shape index (κ3) is 2.65. The zero-order valence-electron chi connectivity index (χ0n) is 10.2. The van der Waals surface area contributed by atoms with E-state index in [0.717, 1.165) is 24.2 Å². The fourth-order valence-electron chi connectivity index (χ4n) is 2.03. The molecule has 1 aromatic carbocycles. The van der Waals surface area contributed by atoms with E-state index in [9.17, 15) is 0 Å². The monoisotopic (exact) mass is 206 g/mol. The van der Waals surface area contributed by atoms with Crippen LogP contribution < -0.4 is 10.6 Å². The Kier molecular flexibility index (Phi) is 4.01. The first-order valence-electron chi connectivity index (χ1n) is 5.69. The van der Waals surface area contributed by atoms with Crippen molar-refractivity contribution in [2.45, 2.75) is 39.7 Å². The second-order valence-corrected chi connectivity index (χ2v) is 4.14. The third-order valence-electron chi connectivity index (χ3n) is 3.05. The molecule has 0 atom stereocenters. The zero-order valence-corrected chi connectivity index (χ0v) is 10.2. The molecule has 1 aromatic rings. The molecule has 0 aliphatic rings. The van der Waals surface area contributed by atoms with Crippen LogP contribution in [-0.2, 0) is 0 Å². The molecule has 0 amide bonds. The van der Waals surface area contributed by atoms with Gasteiger partial charge in [-0.2, -0.15) is 0 Å². The van der Waals surface area contributed by atoms with Crippen molar-refractivity contribution in [3.63, 3.8) is 0 Å². The van der Waals surface area contributed by atoms with Crippen molar-refractivity contribution in [2.75, 3.05) is 17.7 Å². The molecule has 0 aromatic heterocycles. The number of nitrogens with zero attached hydrogens (tertiary/aromatic N) is 1. The lowest BCUT2D eigenvalue weighted by atomic mass is 10.1. The van der Waals surface area contributed by atoms with E-state index in [1.165, 1.54) is 5.56 Å². The molecule has 0 unspecified atom stereocenters. The fourth-order valence-corrected chi connectivity index (χ4v) is 2.03. The van der Waals surface area contributed by atoms with Crippen molar-refractivity contribution in [1.29, 1.82) is 0 Å². The molecule has 0 aliphatic carbocycles. The van der Waals surface area contributed by atoms with Gasteiger partial charge in [0.1, 0.15) is 0 Å². The minimum absolute atomic E-state index is 0.579. The Morgan fingerprint density at radius 1 is 1.27 bits per heavy atom. The summed E-state index contributed by atoms with van der Waals surface area (Å²) in [5.41, 5.74) is 9.27. The molecule has 0 heterocycles. The van der Waals surface area contributed by atoms with Crippen LogP contribution in [0.1, 0.15) is 32.3 Å². The maximum absolute atomic E-state index is 6.03. The SMILES string of the molecule is CCC(CC)N(C)c1ccc(C)cc1N. The van der Waals surface area contributed by atoms with Crippen LogP contribution in [-0.4, -0.2) is 13.1 Å². The average molecular weight is 206 g/mol. The van der Waals surface area contributed by atoms with Gasteiger partial charge in [0.2, 0.25) is 0 Å². The Balaban J connectivity index is 2.94. The number of benzene rings is 1. The molecule has 0 saturated carbocycles. The summed E-state index contributed by atoms with van der Waals surface area (Å²) in [6.45, 7) is 6.50. The smallest absolute Gasteiger partial charge is 0.0600 e. The quantitative estimate of drug-likeness (QED) is 0.766. The Labute approximate surface area is 93.1 Å². The predicted molar refractivity (Wildman–Crippen MR) is 68.4 cm³/mol. The van der Waals surface area contributed by atoms with Gasteiger partial charge in [0.15, 0.2) is 0 Å². The van der Waals surface area contributed by atoms with E-state index >= 15 is 0 Å². The molecule has 15 heavy (non-hydrogen) atoms. The first kappa shape index (κ1) is 11.9. The lowest BCUT2D eigenvalue weighted by molar-refractivity contribution is 0.592. The summed E-state index contributed by atoms with van der Waals surface area (Å²) in [5, 5.41) is 0. The summed E-state index contributed by atoms with van der Waals surface area (Å²) < 4.78 is 0. The lowest BCUT2D eigenvalue weighted by Gasteiger charge is -2.29. The topological polar surface area (TPSA) is 29.3 Å². The van der Waals surface area contributed by atoms with Crippen LogP contribution in [0, 0.1) is 6.92 Å². The fraction of sp³-hybridized carbons (Fsp3) is 0.538. The van der Waals surface area contributed by atoms with Gasteiger partial charge in [-0.15, -0.1) is 0 Å². The van der Waals surface area contributed by atoms with Crippen LogP contribution in [0.4, 0.5) is 11.4 Å². The normalized spacial score (nSPS) is 10.7. The summed E-state index contributed by atoms with van der Waals surface area (Å²) in [6.07, 6.45) is 2.31. The minimum Gasteiger partial charge on any atom is -0.397 e. The number of rotatable bonds is 4. The number of nitrogen functional groups attached to an aromatic ring is 1. The van der Waals surface area contributed by atoms with Crippen LogP contribution in [0.5, 0.6) is 0 Å². The maximum Gasteiger partial charge on any atom is 0.0600 e. The van der Waals surface area contributed by atoms with Gasteiger partial charge in [-0.3, -0.25) is 0 Å². The number of hydrogen-bond acceptors (Lipinski definition) is 2. The van der Waals surface area contributed by atoms with Gasteiger partial charge in [-0.05, 0) is 37.5 Å². The molecule has 0 spiro atoms. The van der Waals surface area contributed by atoms with Crippen molar-refractivity contribution >= 4 is 11.4 Å². The van der Waals surface area contributed by atoms with Crippen molar-refractivity contribution < 1.29 is 0 Å². The summed E-state index contributed by atoms with van der Waals surface area (Å²) >= 11 is 0. The molecule has 0 aliphatic heterocycles. The first-order valence-corrected chi connectivity index (χ1v) is 5.69. The molecule has 0 saturated heterocycles. The predicted octanol–water partition coefficient (Wildman–Crippen LogP) is 3.20. The Bertz CT molecular complexity index is 316. The molecule has 2 heteroatoms. The molecule has 2 nitrogen and oxygen atoms in total. The first-order chi connectivity index (χ1) is 7.10. The van der Waals surface area contributed by atoms with Gasteiger partial charge in [0.25, 0.3) is 0 Å². The minimum atomic E-state index is 0.579. The Hall–Kier alpha value is -1.18. The largest absolute Gasteiger partial charge is 0.397 e. The number of hydrogen-bond donors (Lipinski definition) is 1. The van der Waals surface area contributed by atoms with E-state index in [1.807, 2.05) is 6.07 Å². The van der Waals surface area contributed by atoms with Crippen molar-refractivity contribution in [1.82, 2.24) is 0 Å². The highest BCUT2D eigenvalue weighted by molar-refractivity contribution is 5.68. The van der Waals surface area contributed by atoms with Gasteiger partial charge in [-0.1, -0.05) is 19.9 Å². The van der Waals surface area contributed by atoms with E-state index in [0.29, 0.717) is 6.04 Å². The van der Waals surface area contributed by atoms with Crippen LogP contribution >= 0.6 is 0 Å². The van der Waals surface area contributed by atoms with E-state index in [2.05, 4.69) is 44.9 Å². The molecule has 2 N–H and O–H groups in total. The third-order valence-corrected chi connectivity index (χ3v) is 3.05. The molecule has 1 rings (SSSR count). The second-order valence-electron chi connectivity index (χ2n) is 4.14. The molecular formula is C13H22N2. The van der Waals surface area contributed by atoms with Gasteiger partial charge < -0.3 is 10.6 Å².